The van der Waals surface area contributed by atoms with Crippen LogP contribution in [0.5, 0.6) is 0 Å². The van der Waals surface area contributed by atoms with Gasteiger partial charge in [0.25, 0.3) is 5.56 Å². The maximum atomic E-state index is 11.6. The fourth-order valence-electron chi connectivity index (χ4n) is 1.69. The minimum Gasteiger partial charge on any atom is -0.369 e. The second kappa shape index (κ2) is 3.93. The zero-order chi connectivity index (χ0) is 12.7. The number of nitrogen functional groups attached to an aromatic ring is 1. The number of thiophene rings is 1. The number of hydrogen-bond acceptors (Lipinski definition) is 6. The second-order valence-corrected chi connectivity index (χ2v) is 4.74. The van der Waals surface area contributed by atoms with Crippen LogP contribution >= 0.6 is 11.3 Å². The number of nitrogens with two attached hydrogens (primary N) is 2. The van der Waals surface area contributed by atoms with E-state index in [4.69, 9.17) is 11.5 Å². The summed E-state index contributed by atoms with van der Waals surface area (Å²) in [6, 6.07) is 3.42. The quantitative estimate of drug-likeness (QED) is 0.529. The Labute approximate surface area is 105 Å². The molecule has 7 nitrogen and oxygen atoms in total. The molecule has 0 aliphatic heterocycles. The van der Waals surface area contributed by atoms with E-state index in [2.05, 4.69) is 19.9 Å². The van der Waals surface area contributed by atoms with Crippen molar-refractivity contribution < 1.29 is 0 Å². The average Bonchev–Trinajstić information content (AvgIpc) is 2.96. The van der Waals surface area contributed by atoms with Gasteiger partial charge < -0.3 is 16.5 Å². The first kappa shape index (κ1) is 10.9. The Balaban J connectivity index is 2.14. The molecule has 18 heavy (non-hydrogen) atoms. The zero-order valence-electron chi connectivity index (χ0n) is 9.18. The van der Waals surface area contributed by atoms with Gasteiger partial charge in [-0.1, -0.05) is 6.07 Å². The highest BCUT2D eigenvalue weighted by Crippen LogP contribution is 2.22. The number of nitrogens with zero attached hydrogens (tertiary/aromatic N) is 2. The molecule has 0 aliphatic carbocycles. The molecule has 6 N–H and O–H groups in total. The summed E-state index contributed by atoms with van der Waals surface area (Å²) in [5.41, 5.74) is 11.7. The lowest BCUT2D eigenvalue weighted by Crippen LogP contribution is -2.12. The van der Waals surface area contributed by atoms with Crippen molar-refractivity contribution in [2.24, 2.45) is 5.73 Å². The molecule has 0 fully saturated rings. The Kier molecular flexibility index (Phi) is 2.39. The van der Waals surface area contributed by atoms with Gasteiger partial charge in [0.15, 0.2) is 11.2 Å². The van der Waals surface area contributed by atoms with E-state index in [9.17, 15) is 4.79 Å². The summed E-state index contributed by atoms with van der Waals surface area (Å²) < 4.78 is 0. The van der Waals surface area contributed by atoms with Crippen LogP contribution in [0, 0.1) is 0 Å². The van der Waals surface area contributed by atoms with Gasteiger partial charge in [-0.3, -0.25) is 9.78 Å². The van der Waals surface area contributed by atoms with Crippen molar-refractivity contribution in [2.75, 3.05) is 5.73 Å². The highest BCUT2D eigenvalue weighted by Gasteiger charge is 2.16. The van der Waals surface area contributed by atoms with Crippen LogP contribution in [0.1, 0.15) is 16.7 Å². The van der Waals surface area contributed by atoms with Crippen molar-refractivity contribution >= 4 is 28.4 Å². The van der Waals surface area contributed by atoms with Crippen LogP contribution in [-0.2, 0) is 0 Å². The third kappa shape index (κ3) is 1.67. The Morgan fingerprint density at radius 1 is 1.33 bits per heavy atom. The smallest absolute Gasteiger partial charge is 0.278 e. The average molecular weight is 262 g/mol. The minimum absolute atomic E-state index is 0.0373. The second-order valence-electron chi connectivity index (χ2n) is 3.76. The number of rotatable bonds is 2. The first-order chi connectivity index (χ1) is 8.65. The summed E-state index contributed by atoms with van der Waals surface area (Å²) in [6.45, 7) is 0. The molecule has 0 spiro atoms. The van der Waals surface area contributed by atoms with E-state index in [-0.39, 0.29) is 22.7 Å². The number of H-pyrrole nitrogens is 2. The Morgan fingerprint density at radius 2 is 2.17 bits per heavy atom. The number of anilines is 1. The SMILES string of the molecule is Nc1nc2nc(C(N)c3cccs3)[nH]c2c(=O)[nH]1. The molecule has 3 heterocycles. The molecule has 0 saturated heterocycles. The van der Waals surface area contributed by atoms with Crippen molar-refractivity contribution in [3.63, 3.8) is 0 Å². The van der Waals surface area contributed by atoms with Gasteiger partial charge in [-0.2, -0.15) is 4.98 Å². The minimum atomic E-state index is -0.403. The lowest BCUT2D eigenvalue weighted by atomic mass is 10.2. The van der Waals surface area contributed by atoms with E-state index in [1.807, 2.05) is 17.5 Å². The van der Waals surface area contributed by atoms with E-state index in [1.165, 1.54) is 11.3 Å². The lowest BCUT2D eigenvalue weighted by Gasteiger charge is -2.04. The summed E-state index contributed by atoms with van der Waals surface area (Å²) in [7, 11) is 0. The molecule has 8 heteroatoms. The van der Waals surface area contributed by atoms with Gasteiger partial charge in [-0.15, -0.1) is 11.3 Å². The highest BCUT2D eigenvalue weighted by molar-refractivity contribution is 7.10. The molecule has 1 unspecified atom stereocenters. The Hall–Kier alpha value is -2.19. The molecular weight excluding hydrogens is 252 g/mol. The van der Waals surface area contributed by atoms with Gasteiger partial charge >= 0.3 is 0 Å². The molecule has 92 valence electrons. The Morgan fingerprint density at radius 3 is 2.89 bits per heavy atom. The molecule has 3 rings (SSSR count). The monoisotopic (exact) mass is 262 g/mol. The maximum Gasteiger partial charge on any atom is 0.278 e. The van der Waals surface area contributed by atoms with E-state index in [0.29, 0.717) is 5.82 Å². The molecule has 0 radical (unpaired) electrons. The fourth-order valence-corrected chi connectivity index (χ4v) is 2.42. The van der Waals surface area contributed by atoms with Crippen molar-refractivity contribution in [2.45, 2.75) is 6.04 Å². The molecule has 0 bridgehead atoms. The molecule has 0 saturated carbocycles. The zero-order valence-corrected chi connectivity index (χ0v) is 9.99. The third-order valence-electron chi connectivity index (χ3n) is 2.54. The number of aromatic amines is 2. The van der Waals surface area contributed by atoms with Gasteiger partial charge in [0.1, 0.15) is 5.82 Å². The van der Waals surface area contributed by atoms with Crippen LogP contribution in [0.25, 0.3) is 11.2 Å². The standard InChI is InChI=1S/C10H10N6OS/c11-5(4-2-1-3-18-4)7-13-6-8(14-7)15-10(12)16-9(6)17/h1-3,5H,11H2,(H4,12,13,14,15,16,17). The summed E-state index contributed by atoms with van der Waals surface area (Å²) in [4.78, 5) is 26.0. The molecule has 3 aromatic rings. The van der Waals surface area contributed by atoms with Crippen LogP contribution in [-0.4, -0.2) is 19.9 Å². The van der Waals surface area contributed by atoms with Crippen LogP contribution in [0.3, 0.4) is 0 Å². The largest absolute Gasteiger partial charge is 0.369 e. The van der Waals surface area contributed by atoms with Crippen LogP contribution < -0.4 is 17.0 Å². The van der Waals surface area contributed by atoms with Crippen LogP contribution in [0.4, 0.5) is 5.95 Å². The number of imidazole rings is 1. The summed E-state index contributed by atoms with van der Waals surface area (Å²) in [6.07, 6.45) is 0. The van der Waals surface area contributed by atoms with Gasteiger partial charge in [0.05, 0.1) is 6.04 Å². The number of hydrogen-bond donors (Lipinski definition) is 4. The summed E-state index contributed by atoms with van der Waals surface area (Å²) in [5.74, 6) is 0.534. The van der Waals surface area contributed by atoms with E-state index >= 15 is 0 Å². The first-order valence-corrected chi connectivity index (χ1v) is 6.07. The van der Waals surface area contributed by atoms with E-state index in [1.54, 1.807) is 0 Å². The first-order valence-electron chi connectivity index (χ1n) is 5.19. The van der Waals surface area contributed by atoms with Crippen molar-refractivity contribution in [1.29, 1.82) is 0 Å². The van der Waals surface area contributed by atoms with Crippen LogP contribution in [0.2, 0.25) is 0 Å². The van der Waals surface area contributed by atoms with Crippen molar-refractivity contribution in [1.82, 2.24) is 19.9 Å². The Bertz CT molecular complexity index is 743. The molecule has 3 aromatic heterocycles. The van der Waals surface area contributed by atoms with E-state index < -0.39 is 6.04 Å². The fraction of sp³-hybridized carbons (Fsp3) is 0.100. The number of nitrogens with one attached hydrogen (secondary N) is 2. The third-order valence-corrected chi connectivity index (χ3v) is 3.50. The van der Waals surface area contributed by atoms with Gasteiger partial charge in [0.2, 0.25) is 5.95 Å². The molecule has 0 amide bonds. The topological polar surface area (TPSA) is 126 Å². The van der Waals surface area contributed by atoms with Gasteiger partial charge in [0, 0.05) is 4.88 Å². The predicted octanol–water partition coefficient (Wildman–Crippen LogP) is 0.338. The maximum absolute atomic E-state index is 11.6. The molecule has 1 atom stereocenters. The molecule has 0 aromatic carbocycles. The predicted molar refractivity (Wildman–Crippen MR) is 69.3 cm³/mol. The van der Waals surface area contributed by atoms with Crippen molar-refractivity contribution in [3.05, 3.63) is 38.6 Å². The number of aromatic nitrogens is 4. The number of fused-ring (bicyclic) bond motifs is 1. The highest BCUT2D eigenvalue weighted by atomic mass is 32.1. The van der Waals surface area contributed by atoms with Gasteiger partial charge in [-0.05, 0) is 11.4 Å². The normalized spacial score (nSPS) is 12.9. The van der Waals surface area contributed by atoms with Crippen molar-refractivity contribution in [3.8, 4) is 0 Å². The van der Waals surface area contributed by atoms with Crippen LogP contribution in [0.15, 0.2) is 22.3 Å². The van der Waals surface area contributed by atoms with Gasteiger partial charge in [-0.25, -0.2) is 4.98 Å². The lowest BCUT2D eigenvalue weighted by molar-refractivity contribution is 0.821. The summed E-state index contributed by atoms with van der Waals surface area (Å²) in [5, 5.41) is 1.93. The molecule has 0 aliphatic rings. The summed E-state index contributed by atoms with van der Waals surface area (Å²) >= 11 is 1.53. The molecular formula is C10H10N6OS. The van der Waals surface area contributed by atoms with E-state index in [0.717, 1.165) is 4.88 Å².